The van der Waals surface area contributed by atoms with E-state index in [-0.39, 0.29) is 11.4 Å². The Kier molecular flexibility index (Phi) is 5.86. The van der Waals surface area contributed by atoms with Crippen LogP contribution in [0.1, 0.15) is 5.56 Å². The first kappa shape index (κ1) is 22.1. The minimum Gasteiger partial charge on any atom is -0.286 e. The highest BCUT2D eigenvalue weighted by Gasteiger charge is 2.20. The fraction of sp³-hybridized carbons (Fsp3) is 0.0400. The highest BCUT2D eigenvalue weighted by Crippen LogP contribution is 2.31. The number of aromatic amines is 1. The zero-order valence-corrected chi connectivity index (χ0v) is 19.3. The van der Waals surface area contributed by atoms with Gasteiger partial charge in [0, 0.05) is 28.6 Å². The Morgan fingerprint density at radius 2 is 1.74 bits per heavy atom. The molecule has 0 saturated heterocycles. The lowest BCUT2D eigenvalue weighted by Crippen LogP contribution is -2.13. The molecule has 35 heavy (non-hydrogen) atoms. The smallest absolute Gasteiger partial charge is 0.286 e. The van der Waals surface area contributed by atoms with Crippen LogP contribution >= 0.6 is 11.3 Å². The summed E-state index contributed by atoms with van der Waals surface area (Å²) in [5.74, 6) is 0. The third-order valence-electron chi connectivity index (χ3n) is 5.25. The standard InChI is InChI=1S/C25H18N6O3S/c1-16-6-5-9-19(14-16)27-28-23-22(18-10-12-20(13-11-18)31(33)34)29-30(24(23)32)25-26-21(15-35-25)17-7-3-2-4-8-17/h2-15,29H,1H3. The van der Waals surface area contributed by atoms with Crippen molar-refractivity contribution in [3.63, 3.8) is 0 Å². The van der Waals surface area contributed by atoms with Crippen LogP contribution < -0.4 is 5.56 Å². The molecule has 5 rings (SSSR count). The van der Waals surface area contributed by atoms with Crippen molar-refractivity contribution in [2.24, 2.45) is 10.2 Å². The van der Waals surface area contributed by atoms with Crippen LogP contribution in [0.4, 0.5) is 17.1 Å². The van der Waals surface area contributed by atoms with Gasteiger partial charge in [-0.3, -0.25) is 20.0 Å². The third-order valence-corrected chi connectivity index (χ3v) is 6.08. The number of aromatic nitrogens is 3. The summed E-state index contributed by atoms with van der Waals surface area (Å²) in [6.07, 6.45) is 0. The van der Waals surface area contributed by atoms with Crippen LogP contribution in [-0.2, 0) is 0 Å². The second-order valence-corrected chi connectivity index (χ2v) is 8.54. The van der Waals surface area contributed by atoms with Crippen LogP contribution in [0, 0.1) is 17.0 Å². The highest BCUT2D eigenvalue weighted by atomic mass is 32.1. The first-order valence-electron chi connectivity index (χ1n) is 10.6. The van der Waals surface area contributed by atoms with Gasteiger partial charge in [0.05, 0.1) is 22.0 Å². The summed E-state index contributed by atoms with van der Waals surface area (Å²) in [7, 11) is 0. The fourth-order valence-corrected chi connectivity index (χ4v) is 4.30. The first-order chi connectivity index (χ1) is 17.0. The van der Waals surface area contributed by atoms with E-state index < -0.39 is 10.5 Å². The number of nitro benzene ring substituents is 1. The summed E-state index contributed by atoms with van der Waals surface area (Å²) in [6.45, 7) is 1.94. The molecule has 0 amide bonds. The van der Waals surface area contributed by atoms with Crippen molar-refractivity contribution in [3.05, 3.63) is 110 Å². The van der Waals surface area contributed by atoms with Crippen molar-refractivity contribution >= 4 is 28.4 Å². The topological polar surface area (TPSA) is 119 Å². The maximum absolute atomic E-state index is 13.4. The largest absolute Gasteiger partial charge is 0.301 e. The lowest BCUT2D eigenvalue weighted by atomic mass is 10.1. The predicted molar refractivity (Wildman–Crippen MR) is 135 cm³/mol. The Bertz CT molecular complexity index is 1600. The second kappa shape index (κ2) is 9.27. The van der Waals surface area contributed by atoms with Crippen LogP contribution in [-0.4, -0.2) is 19.7 Å². The maximum atomic E-state index is 13.4. The van der Waals surface area contributed by atoms with Gasteiger partial charge in [-0.05, 0) is 36.8 Å². The van der Waals surface area contributed by atoms with Gasteiger partial charge in [0.2, 0.25) is 5.13 Å². The molecule has 172 valence electrons. The Balaban J connectivity index is 1.61. The lowest BCUT2D eigenvalue weighted by molar-refractivity contribution is -0.384. The molecule has 0 unspecified atom stereocenters. The van der Waals surface area contributed by atoms with Crippen LogP contribution in [0.2, 0.25) is 0 Å². The Labute approximate surface area is 203 Å². The third kappa shape index (κ3) is 4.55. The number of aryl methyl sites for hydroxylation is 1. The zero-order valence-electron chi connectivity index (χ0n) is 18.5. The summed E-state index contributed by atoms with van der Waals surface area (Å²) >= 11 is 1.31. The molecule has 0 aliphatic heterocycles. The van der Waals surface area contributed by atoms with Gasteiger partial charge in [0.1, 0.15) is 0 Å². The molecule has 0 bridgehead atoms. The molecule has 0 fully saturated rings. The number of azo groups is 1. The number of nitro groups is 1. The molecule has 1 N–H and O–H groups in total. The molecular formula is C25H18N6O3S. The number of rotatable bonds is 6. The molecule has 3 aromatic carbocycles. The van der Waals surface area contributed by atoms with Crippen LogP contribution in [0.15, 0.2) is 99.3 Å². The van der Waals surface area contributed by atoms with E-state index in [9.17, 15) is 14.9 Å². The minimum absolute atomic E-state index is 0.0501. The number of H-pyrrole nitrogens is 1. The quantitative estimate of drug-likeness (QED) is 0.167. The number of nitrogens with zero attached hydrogens (tertiary/aromatic N) is 5. The number of hydrogen-bond donors (Lipinski definition) is 1. The van der Waals surface area contributed by atoms with Crippen molar-refractivity contribution < 1.29 is 4.92 Å². The Morgan fingerprint density at radius 3 is 2.46 bits per heavy atom. The normalized spacial score (nSPS) is 11.2. The van der Waals surface area contributed by atoms with Crippen molar-refractivity contribution in [1.29, 1.82) is 0 Å². The van der Waals surface area contributed by atoms with Crippen molar-refractivity contribution in [1.82, 2.24) is 14.8 Å². The van der Waals surface area contributed by atoms with E-state index in [0.29, 0.717) is 22.1 Å². The maximum Gasteiger partial charge on any atom is 0.301 e. The summed E-state index contributed by atoms with van der Waals surface area (Å²) in [5.41, 5.74) is 3.84. The average Bonchev–Trinajstić information content (AvgIpc) is 3.48. The molecule has 0 aliphatic carbocycles. The van der Waals surface area contributed by atoms with Crippen molar-refractivity contribution in [3.8, 4) is 27.6 Å². The lowest BCUT2D eigenvalue weighted by Gasteiger charge is -2.00. The van der Waals surface area contributed by atoms with Gasteiger partial charge in [-0.25, -0.2) is 4.98 Å². The summed E-state index contributed by atoms with van der Waals surface area (Å²) in [4.78, 5) is 28.6. The van der Waals surface area contributed by atoms with E-state index in [1.807, 2.05) is 60.8 Å². The molecule has 0 saturated carbocycles. The van der Waals surface area contributed by atoms with Crippen LogP contribution in [0.3, 0.4) is 0 Å². The number of non-ortho nitro benzene ring substituents is 1. The SMILES string of the molecule is Cc1cccc(N=Nc2c(-c3ccc([N+](=O)[O-])cc3)[nH]n(-c3nc(-c4ccccc4)cs3)c2=O)c1. The number of benzene rings is 3. The van der Waals surface area contributed by atoms with Crippen molar-refractivity contribution in [2.75, 3.05) is 0 Å². The number of nitrogens with one attached hydrogen (secondary N) is 1. The molecule has 0 radical (unpaired) electrons. The second-order valence-electron chi connectivity index (χ2n) is 7.70. The van der Waals surface area contributed by atoms with Gasteiger partial charge in [-0.2, -0.15) is 9.80 Å². The molecule has 2 heterocycles. The van der Waals surface area contributed by atoms with E-state index in [4.69, 9.17) is 0 Å². The van der Waals surface area contributed by atoms with E-state index >= 15 is 0 Å². The van der Waals surface area contributed by atoms with E-state index in [2.05, 4.69) is 20.3 Å². The monoisotopic (exact) mass is 482 g/mol. The summed E-state index contributed by atoms with van der Waals surface area (Å²) < 4.78 is 1.32. The minimum atomic E-state index is -0.475. The first-order valence-corrected chi connectivity index (χ1v) is 11.5. The number of thiazole rings is 1. The van der Waals surface area contributed by atoms with E-state index in [0.717, 1.165) is 16.8 Å². The Morgan fingerprint density at radius 1 is 0.971 bits per heavy atom. The summed E-state index contributed by atoms with van der Waals surface area (Å²) in [5, 5.41) is 25.0. The fourth-order valence-electron chi connectivity index (χ4n) is 3.51. The molecule has 10 heteroatoms. The van der Waals surface area contributed by atoms with Crippen LogP contribution in [0.5, 0.6) is 0 Å². The van der Waals surface area contributed by atoms with E-state index in [1.54, 1.807) is 18.2 Å². The Hall–Kier alpha value is -4.70. The summed E-state index contributed by atoms with van der Waals surface area (Å²) in [6, 6.07) is 23.0. The zero-order chi connectivity index (χ0) is 24.4. The van der Waals surface area contributed by atoms with Gasteiger partial charge in [-0.1, -0.05) is 42.5 Å². The van der Waals surface area contributed by atoms with Gasteiger partial charge in [0.25, 0.3) is 5.69 Å². The van der Waals surface area contributed by atoms with Gasteiger partial charge < -0.3 is 0 Å². The molecule has 0 spiro atoms. The van der Waals surface area contributed by atoms with Crippen molar-refractivity contribution in [2.45, 2.75) is 6.92 Å². The van der Waals surface area contributed by atoms with E-state index in [1.165, 1.54) is 28.2 Å². The molecule has 9 nitrogen and oxygen atoms in total. The highest BCUT2D eigenvalue weighted by molar-refractivity contribution is 7.12. The molecule has 2 aromatic heterocycles. The molecular weight excluding hydrogens is 464 g/mol. The molecule has 5 aromatic rings. The molecule has 0 aliphatic rings. The predicted octanol–water partition coefficient (Wildman–Crippen LogP) is 6.59. The molecule has 0 atom stereocenters. The average molecular weight is 483 g/mol. The van der Waals surface area contributed by atoms with Crippen LogP contribution in [0.25, 0.3) is 27.6 Å². The van der Waals surface area contributed by atoms with Gasteiger partial charge in [0.15, 0.2) is 5.69 Å². The van der Waals surface area contributed by atoms with Gasteiger partial charge in [-0.15, -0.1) is 16.5 Å². The van der Waals surface area contributed by atoms with Gasteiger partial charge >= 0.3 is 5.56 Å². The number of hydrogen-bond acceptors (Lipinski definition) is 7.